The summed E-state index contributed by atoms with van der Waals surface area (Å²) in [7, 11) is 2.06. The van der Waals surface area contributed by atoms with Crippen LogP contribution in [0.2, 0.25) is 0 Å². The molecule has 1 heterocycles. The van der Waals surface area contributed by atoms with Gasteiger partial charge in [0.25, 0.3) is 0 Å². The molecule has 1 aliphatic rings. The minimum absolute atomic E-state index is 1.08. The van der Waals surface area contributed by atoms with Crippen molar-refractivity contribution in [3.8, 4) is 0 Å². The van der Waals surface area contributed by atoms with Crippen LogP contribution in [-0.2, 0) is 7.05 Å². The van der Waals surface area contributed by atoms with Crippen LogP contribution < -0.4 is 0 Å². The van der Waals surface area contributed by atoms with E-state index >= 15 is 0 Å². The van der Waals surface area contributed by atoms with E-state index in [4.69, 9.17) is 0 Å². The standard InChI is InChI=1S/C11H14N2.C2H6/c1-9-8-12-11(13(9)2)10-6-4-3-5-7-10;1-2/h4,6-8H,3,5H2,1-2H3;1-2H3. The summed E-state index contributed by atoms with van der Waals surface area (Å²) in [6.07, 6.45) is 10.8. The fourth-order valence-electron chi connectivity index (χ4n) is 1.54. The molecule has 0 amide bonds. The van der Waals surface area contributed by atoms with Gasteiger partial charge in [0.05, 0.1) is 0 Å². The smallest absolute Gasteiger partial charge is 0.139 e. The monoisotopic (exact) mass is 204 g/mol. The number of aromatic nitrogens is 2. The first-order valence-corrected chi connectivity index (χ1v) is 5.64. The third kappa shape index (κ3) is 2.58. The Morgan fingerprint density at radius 3 is 2.47 bits per heavy atom. The van der Waals surface area contributed by atoms with Crippen molar-refractivity contribution < 1.29 is 0 Å². The lowest BCUT2D eigenvalue weighted by Gasteiger charge is -2.07. The first-order valence-electron chi connectivity index (χ1n) is 5.64. The molecule has 82 valence electrons. The summed E-state index contributed by atoms with van der Waals surface area (Å²) in [5, 5.41) is 0. The van der Waals surface area contributed by atoms with E-state index in [0.29, 0.717) is 0 Å². The fourth-order valence-corrected chi connectivity index (χ4v) is 1.54. The van der Waals surface area contributed by atoms with E-state index in [1.807, 2.05) is 20.0 Å². The third-order valence-corrected chi connectivity index (χ3v) is 2.47. The molecule has 0 saturated heterocycles. The molecule has 0 bridgehead atoms. The van der Waals surface area contributed by atoms with E-state index in [0.717, 1.165) is 18.7 Å². The predicted octanol–water partition coefficient (Wildman–Crippen LogP) is 3.49. The van der Waals surface area contributed by atoms with Crippen molar-refractivity contribution in [3.05, 3.63) is 35.9 Å². The molecule has 0 aliphatic heterocycles. The van der Waals surface area contributed by atoms with Gasteiger partial charge in [-0.1, -0.05) is 32.1 Å². The van der Waals surface area contributed by atoms with Crippen LogP contribution in [0, 0.1) is 6.92 Å². The van der Waals surface area contributed by atoms with Gasteiger partial charge in [-0.15, -0.1) is 0 Å². The van der Waals surface area contributed by atoms with Gasteiger partial charge >= 0.3 is 0 Å². The van der Waals surface area contributed by atoms with Crippen LogP contribution in [0.4, 0.5) is 0 Å². The molecule has 2 rings (SSSR count). The molecular formula is C13H20N2. The van der Waals surface area contributed by atoms with Gasteiger partial charge in [0.1, 0.15) is 5.82 Å². The molecule has 2 heteroatoms. The minimum Gasteiger partial charge on any atom is -0.331 e. The van der Waals surface area contributed by atoms with Crippen LogP contribution in [0.25, 0.3) is 5.57 Å². The van der Waals surface area contributed by atoms with Gasteiger partial charge in [-0.2, -0.15) is 0 Å². The second-order valence-electron chi connectivity index (χ2n) is 3.42. The van der Waals surface area contributed by atoms with Gasteiger partial charge in [-0.05, 0) is 19.8 Å². The maximum atomic E-state index is 4.38. The molecule has 1 aliphatic carbocycles. The molecule has 0 aromatic carbocycles. The number of aryl methyl sites for hydroxylation is 1. The molecule has 0 fully saturated rings. The zero-order valence-corrected chi connectivity index (χ0v) is 10.1. The van der Waals surface area contributed by atoms with E-state index in [9.17, 15) is 0 Å². The van der Waals surface area contributed by atoms with Crippen molar-refractivity contribution in [1.29, 1.82) is 0 Å². The summed E-state index contributed by atoms with van der Waals surface area (Å²) >= 11 is 0. The van der Waals surface area contributed by atoms with Crippen molar-refractivity contribution in [2.75, 3.05) is 0 Å². The van der Waals surface area contributed by atoms with Gasteiger partial charge in [-0.3, -0.25) is 0 Å². The highest BCUT2D eigenvalue weighted by molar-refractivity contribution is 5.70. The summed E-state index contributed by atoms with van der Waals surface area (Å²) < 4.78 is 2.13. The number of rotatable bonds is 1. The van der Waals surface area contributed by atoms with Crippen molar-refractivity contribution in [1.82, 2.24) is 9.55 Å². The Hall–Kier alpha value is -1.31. The Morgan fingerprint density at radius 1 is 1.27 bits per heavy atom. The minimum atomic E-state index is 1.08. The van der Waals surface area contributed by atoms with Gasteiger partial charge in [0, 0.05) is 24.5 Å². The first kappa shape index (κ1) is 11.8. The molecule has 15 heavy (non-hydrogen) atoms. The fraction of sp³-hybridized carbons (Fsp3) is 0.462. The third-order valence-electron chi connectivity index (χ3n) is 2.47. The normalized spacial score (nSPS) is 14.3. The van der Waals surface area contributed by atoms with Crippen LogP contribution >= 0.6 is 0 Å². The summed E-state index contributed by atoms with van der Waals surface area (Å²) in [6, 6.07) is 0. The predicted molar refractivity (Wildman–Crippen MR) is 65.6 cm³/mol. The molecule has 1 aromatic heterocycles. The second kappa shape index (κ2) is 5.54. The van der Waals surface area contributed by atoms with Gasteiger partial charge in [-0.25, -0.2) is 4.98 Å². The summed E-state index contributed by atoms with van der Waals surface area (Å²) in [6.45, 7) is 6.07. The molecule has 0 atom stereocenters. The summed E-state index contributed by atoms with van der Waals surface area (Å²) in [5.41, 5.74) is 2.46. The Kier molecular flexibility index (Phi) is 4.35. The Morgan fingerprint density at radius 2 is 2.00 bits per heavy atom. The number of allylic oxidation sites excluding steroid dienone is 4. The molecule has 0 spiro atoms. The van der Waals surface area contributed by atoms with Crippen LogP contribution in [0.1, 0.15) is 38.2 Å². The summed E-state index contributed by atoms with van der Waals surface area (Å²) in [4.78, 5) is 4.38. The molecule has 0 unspecified atom stereocenters. The van der Waals surface area contributed by atoms with Crippen LogP contribution in [0.3, 0.4) is 0 Å². The van der Waals surface area contributed by atoms with Crippen molar-refractivity contribution in [2.45, 2.75) is 33.6 Å². The highest BCUT2D eigenvalue weighted by Gasteiger charge is 2.07. The molecule has 0 saturated carbocycles. The zero-order chi connectivity index (χ0) is 11.3. The number of hydrogen-bond acceptors (Lipinski definition) is 1. The lowest BCUT2D eigenvalue weighted by Crippen LogP contribution is -1.98. The largest absolute Gasteiger partial charge is 0.331 e. The van der Waals surface area contributed by atoms with Crippen molar-refractivity contribution in [2.24, 2.45) is 7.05 Å². The highest BCUT2D eigenvalue weighted by atomic mass is 15.1. The quantitative estimate of drug-likeness (QED) is 0.684. The van der Waals surface area contributed by atoms with Gasteiger partial charge < -0.3 is 4.57 Å². The molecular weight excluding hydrogens is 184 g/mol. The van der Waals surface area contributed by atoms with Gasteiger partial charge in [0.15, 0.2) is 0 Å². The maximum absolute atomic E-state index is 4.38. The zero-order valence-electron chi connectivity index (χ0n) is 10.1. The number of hydrogen-bond donors (Lipinski definition) is 0. The SMILES string of the molecule is CC.Cc1cnc(C2=CCCC=C2)n1C. The number of imidazole rings is 1. The molecule has 0 radical (unpaired) electrons. The van der Waals surface area contributed by atoms with E-state index in [2.05, 4.69) is 41.8 Å². The molecule has 1 aromatic rings. The topological polar surface area (TPSA) is 17.8 Å². The van der Waals surface area contributed by atoms with E-state index in [-0.39, 0.29) is 0 Å². The second-order valence-corrected chi connectivity index (χ2v) is 3.42. The van der Waals surface area contributed by atoms with Crippen molar-refractivity contribution >= 4 is 5.57 Å². The van der Waals surface area contributed by atoms with Crippen LogP contribution in [-0.4, -0.2) is 9.55 Å². The summed E-state index contributed by atoms with van der Waals surface area (Å²) in [5.74, 6) is 1.08. The first-order chi connectivity index (χ1) is 7.29. The van der Waals surface area contributed by atoms with E-state index < -0.39 is 0 Å². The van der Waals surface area contributed by atoms with Crippen LogP contribution in [0.15, 0.2) is 24.4 Å². The lowest BCUT2D eigenvalue weighted by molar-refractivity contribution is 0.853. The Balaban J connectivity index is 0.000000531. The average Bonchev–Trinajstić information content (AvgIpc) is 2.64. The maximum Gasteiger partial charge on any atom is 0.139 e. The highest BCUT2D eigenvalue weighted by Crippen LogP contribution is 2.20. The van der Waals surface area contributed by atoms with Gasteiger partial charge in [0.2, 0.25) is 0 Å². The lowest BCUT2D eigenvalue weighted by atomic mass is 10.1. The molecule has 2 nitrogen and oxygen atoms in total. The van der Waals surface area contributed by atoms with E-state index in [1.54, 1.807) is 0 Å². The Bertz CT molecular complexity index is 370. The van der Waals surface area contributed by atoms with Crippen molar-refractivity contribution in [3.63, 3.8) is 0 Å². The average molecular weight is 204 g/mol. The Labute approximate surface area is 92.3 Å². The number of nitrogens with zero attached hydrogens (tertiary/aromatic N) is 2. The van der Waals surface area contributed by atoms with E-state index in [1.165, 1.54) is 11.3 Å². The van der Waals surface area contributed by atoms with Crippen LogP contribution in [0.5, 0.6) is 0 Å². The molecule has 0 N–H and O–H groups in total.